The molecule has 0 aliphatic heterocycles. The fourth-order valence-corrected chi connectivity index (χ4v) is 1.76. The molecule has 0 aliphatic carbocycles. The zero-order valence-corrected chi connectivity index (χ0v) is 11.8. The van der Waals surface area contributed by atoms with Gasteiger partial charge < -0.3 is 4.74 Å². The molecular weight excluding hydrogens is 294 g/mol. The minimum Gasteiger partial charge on any atom is -0.496 e. The second-order valence-electron chi connectivity index (χ2n) is 3.99. The van der Waals surface area contributed by atoms with Gasteiger partial charge in [0.05, 0.1) is 18.2 Å². The van der Waals surface area contributed by atoms with Crippen LogP contribution in [0, 0.1) is 0 Å². The zero-order valence-electron chi connectivity index (χ0n) is 11.1. The van der Waals surface area contributed by atoms with E-state index in [1.807, 2.05) is 0 Å². The van der Waals surface area contributed by atoms with Crippen molar-refractivity contribution >= 4 is 23.4 Å². The summed E-state index contributed by atoms with van der Waals surface area (Å²) in [4.78, 5) is 27.6. The first-order chi connectivity index (χ1) is 10.1. The summed E-state index contributed by atoms with van der Waals surface area (Å²) < 4.78 is 5.07. The summed E-state index contributed by atoms with van der Waals surface area (Å²) in [5.74, 6) is -0.666. The van der Waals surface area contributed by atoms with Gasteiger partial charge in [0.1, 0.15) is 5.75 Å². The van der Waals surface area contributed by atoms with Crippen LogP contribution in [0.3, 0.4) is 0 Å². The first kappa shape index (κ1) is 14.8. The Bertz CT molecular complexity index is 662. The smallest absolute Gasteiger partial charge is 0.273 e. The number of aromatic nitrogens is 1. The lowest BCUT2D eigenvalue weighted by atomic mass is 10.2. The number of rotatable bonds is 3. The molecule has 2 rings (SSSR count). The Balaban J connectivity index is 2.04. The summed E-state index contributed by atoms with van der Waals surface area (Å²) in [6.45, 7) is 0. The topological polar surface area (TPSA) is 80.3 Å². The Kier molecular flexibility index (Phi) is 4.73. The first-order valence-electron chi connectivity index (χ1n) is 5.96. The number of amides is 2. The fraction of sp³-hybridized carbons (Fsp3) is 0.0714. The van der Waals surface area contributed by atoms with E-state index < -0.39 is 11.8 Å². The lowest BCUT2D eigenvalue weighted by Crippen LogP contribution is -2.41. The third-order valence-corrected chi connectivity index (χ3v) is 2.86. The van der Waals surface area contributed by atoms with E-state index in [0.717, 1.165) is 0 Å². The van der Waals surface area contributed by atoms with E-state index in [4.69, 9.17) is 16.3 Å². The number of ether oxygens (including phenoxy) is 1. The summed E-state index contributed by atoms with van der Waals surface area (Å²) in [6, 6.07) is 7.78. The highest BCUT2D eigenvalue weighted by atomic mass is 35.5. The minimum atomic E-state index is -0.513. The van der Waals surface area contributed by atoms with Crippen molar-refractivity contribution < 1.29 is 14.3 Å². The largest absolute Gasteiger partial charge is 0.496 e. The van der Waals surface area contributed by atoms with Gasteiger partial charge in [-0.25, -0.2) is 0 Å². The quantitative estimate of drug-likeness (QED) is 0.848. The number of nitrogens with one attached hydrogen (secondary N) is 2. The van der Waals surface area contributed by atoms with Crippen molar-refractivity contribution in [2.45, 2.75) is 0 Å². The zero-order chi connectivity index (χ0) is 15.2. The highest BCUT2D eigenvalue weighted by Crippen LogP contribution is 2.22. The van der Waals surface area contributed by atoms with E-state index in [9.17, 15) is 9.59 Å². The number of carbonyl (C=O) groups is 2. The number of halogens is 1. The van der Waals surface area contributed by atoms with Crippen LogP contribution in [0.4, 0.5) is 0 Å². The van der Waals surface area contributed by atoms with Gasteiger partial charge in [0.15, 0.2) is 0 Å². The first-order valence-corrected chi connectivity index (χ1v) is 6.34. The third-order valence-electron chi connectivity index (χ3n) is 2.62. The van der Waals surface area contributed by atoms with Crippen LogP contribution in [-0.2, 0) is 0 Å². The van der Waals surface area contributed by atoms with Crippen molar-refractivity contribution in [2.24, 2.45) is 0 Å². The second-order valence-corrected chi connectivity index (χ2v) is 4.43. The highest BCUT2D eigenvalue weighted by molar-refractivity contribution is 6.30. The van der Waals surface area contributed by atoms with Gasteiger partial charge in [-0.2, -0.15) is 0 Å². The number of pyridine rings is 1. The Morgan fingerprint density at radius 3 is 2.62 bits per heavy atom. The molecule has 0 saturated carbocycles. The molecule has 6 nitrogen and oxygen atoms in total. The number of hydrogen-bond donors (Lipinski definition) is 2. The lowest BCUT2D eigenvalue weighted by molar-refractivity contribution is 0.0844. The van der Waals surface area contributed by atoms with E-state index in [2.05, 4.69) is 15.8 Å². The van der Waals surface area contributed by atoms with Crippen molar-refractivity contribution in [3.05, 3.63) is 58.9 Å². The summed E-state index contributed by atoms with van der Waals surface area (Å²) in [5, 5.41) is 0.447. The maximum absolute atomic E-state index is 12.0. The predicted octanol–water partition coefficient (Wildman–Crippen LogP) is 1.82. The molecule has 108 valence electrons. The molecule has 0 radical (unpaired) electrons. The van der Waals surface area contributed by atoms with Crippen LogP contribution in [-0.4, -0.2) is 23.9 Å². The average Bonchev–Trinajstić information content (AvgIpc) is 2.52. The van der Waals surface area contributed by atoms with Gasteiger partial charge in [-0.05, 0) is 30.3 Å². The summed E-state index contributed by atoms with van der Waals surface area (Å²) in [6.07, 6.45) is 2.94. The average molecular weight is 306 g/mol. The number of methoxy groups -OCH3 is 1. The molecule has 21 heavy (non-hydrogen) atoms. The molecule has 2 N–H and O–H groups in total. The molecule has 0 fully saturated rings. The van der Waals surface area contributed by atoms with Crippen molar-refractivity contribution in [2.75, 3.05) is 7.11 Å². The van der Waals surface area contributed by atoms with Gasteiger partial charge in [0.2, 0.25) is 0 Å². The predicted molar refractivity (Wildman–Crippen MR) is 77.2 cm³/mol. The molecule has 7 heteroatoms. The van der Waals surface area contributed by atoms with Gasteiger partial charge >= 0.3 is 0 Å². The number of benzene rings is 1. The molecule has 0 saturated heterocycles. The van der Waals surface area contributed by atoms with Gasteiger partial charge in [-0.3, -0.25) is 25.4 Å². The van der Waals surface area contributed by atoms with Crippen LogP contribution < -0.4 is 15.6 Å². The SMILES string of the molecule is COc1cc(Cl)ccc1C(=O)NNC(=O)c1cccnc1. The Morgan fingerprint density at radius 1 is 1.19 bits per heavy atom. The summed E-state index contributed by atoms with van der Waals surface area (Å²) in [5.41, 5.74) is 5.19. The number of hydrogen-bond acceptors (Lipinski definition) is 4. The molecule has 2 aromatic rings. The minimum absolute atomic E-state index is 0.258. The van der Waals surface area contributed by atoms with E-state index in [1.54, 1.807) is 24.4 Å². The van der Waals surface area contributed by atoms with Crippen molar-refractivity contribution in [3.8, 4) is 5.75 Å². The number of nitrogens with zero attached hydrogens (tertiary/aromatic N) is 1. The van der Waals surface area contributed by atoms with Crippen LogP contribution in [0.25, 0.3) is 0 Å². The molecule has 0 unspecified atom stereocenters. The monoisotopic (exact) mass is 305 g/mol. The Hall–Kier alpha value is -2.60. The van der Waals surface area contributed by atoms with E-state index >= 15 is 0 Å². The summed E-state index contributed by atoms with van der Waals surface area (Å²) in [7, 11) is 1.43. The molecule has 0 atom stereocenters. The second kappa shape index (κ2) is 6.71. The van der Waals surface area contributed by atoms with Gasteiger partial charge in [0.25, 0.3) is 11.8 Å². The number of carbonyl (C=O) groups excluding carboxylic acids is 2. The van der Waals surface area contributed by atoms with Crippen LogP contribution in [0.15, 0.2) is 42.7 Å². The molecule has 0 spiro atoms. The number of hydrazine groups is 1. The van der Waals surface area contributed by atoms with Crippen LogP contribution in [0.2, 0.25) is 5.02 Å². The van der Waals surface area contributed by atoms with Crippen LogP contribution in [0.1, 0.15) is 20.7 Å². The molecule has 0 bridgehead atoms. The van der Waals surface area contributed by atoms with Gasteiger partial charge in [0, 0.05) is 17.4 Å². The highest BCUT2D eigenvalue weighted by Gasteiger charge is 2.14. The lowest BCUT2D eigenvalue weighted by Gasteiger charge is -2.10. The van der Waals surface area contributed by atoms with E-state index in [-0.39, 0.29) is 5.56 Å². The maximum Gasteiger partial charge on any atom is 0.273 e. The molecular formula is C14H12ClN3O3. The van der Waals surface area contributed by atoms with Gasteiger partial charge in [-0.1, -0.05) is 11.6 Å². The maximum atomic E-state index is 12.0. The molecule has 1 heterocycles. The van der Waals surface area contributed by atoms with Crippen molar-refractivity contribution in [1.29, 1.82) is 0 Å². The Labute approximate surface area is 126 Å². The van der Waals surface area contributed by atoms with Crippen LogP contribution >= 0.6 is 11.6 Å². The van der Waals surface area contributed by atoms with E-state index in [1.165, 1.54) is 25.4 Å². The molecule has 1 aromatic carbocycles. The fourth-order valence-electron chi connectivity index (χ4n) is 1.60. The molecule has 0 aliphatic rings. The van der Waals surface area contributed by atoms with Crippen molar-refractivity contribution in [1.82, 2.24) is 15.8 Å². The Morgan fingerprint density at radius 2 is 1.95 bits per heavy atom. The third kappa shape index (κ3) is 3.70. The normalized spacial score (nSPS) is 9.81. The van der Waals surface area contributed by atoms with Crippen molar-refractivity contribution in [3.63, 3.8) is 0 Å². The van der Waals surface area contributed by atoms with Crippen LogP contribution in [0.5, 0.6) is 5.75 Å². The molecule has 1 aromatic heterocycles. The standard InChI is InChI=1S/C14H12ClN3O3/c1-21-12-7-10(15)4-5-11(12)14(20)18-17-13(19)9-3-2-6-16-8-9/h2-8H,1H3,(H,17,19)(H,18,20). The van der Waals surface area contributed by atoms with E-state index in [0.29, 0.717) is 16.3 Å². The van der Waals surface area contributed by atoms with Gasteiger partial charge in [-0.15, -0.1) is 0 Å². The summed E-state index contributed by atoms with van der Waals surface area (Å²) >= 11 is 5.82. The molecule has 2 amide bonds.